The number of non-ortho nitro benzene ring substituents is 1. The maximum absolute atomic E-state index is 11.9. The van der Waals surface area contributed by atoms with Crippen LogP contribution in [0.3, 0.4) is 0 Å². The molecule has 1 fully saturated rings. The molecule has 3 rings (SSSR count). The number of carbonyl (C=O) groups is 2. The summed E-state index contributed by atoms with van der Waals surface area (Å²) in [6.07, 6.45) is 1.23. The lowest BCUT2D eigenvalue weighted by molar-refractivity contribution is -0.384. The van der Waals surface area contributed by atoms with Crippen LogP contribution in [-0.2, 0) is 9.59 Å². The summed E-state index contributed by atoms with van der Waals surface area (Å²) in [6, 6.07) is 13.3. The van der Waals surface area contributed by atoms with E-state index in [0.29, 0.717) is 24.9 Å². The third-order valence-corrected chi connectivity index (χ3v) is 3.83. The number of carbonyl (C=O) groups excluding carboxylic acids is 2. The Kier molecular flexibility index (Phi) is 4.24. The summed E-state index contributed by atoms with van der Waals surface area (Å²) in [7, 11) is 0. The maximum atomic E-state index is 11.9. The zero-order valence-corrected chi connectivity index (χ0v) is 12.8. The Morgan fingerprint density at radius 1 is 0.958 bits per heavy atom. The molecule has 122 valence electrons. The summed E-state index contributed by atoms with van der Waals surface area (Å²) >= 11 is 0. The smallest absolute Gasteiger partial charge is 0.269 e. The van der Waals surface area contributed by atoms with Gasteiger partial charge in [-0.3, -0.25) is 25.1 Å². The molecule has 7 nitrogen and oxygen atoms in total. The van der Waals surface area contributed by atoms with Gasteiger partial charge in [-0.2, -0.15) is 5.01 Å². The van der Waals surface area contributed by atoms with Crippen LogP contribution >= 0.6 is 0 Å². The molecule has 0 saturated carbocycles. The minimum Gasteiger partial charge on any atom is -0.288 e. The van der Waals surface area contributed by atoms with Crippen molar-refractivity contribution in [3.8, 4) is 11.1 Å². The number of imide groups is 1. The number of nitrogens with zero attached hydrogens (tertiary/aromatic N) is 2. The van der Waals surface area contributed by atoms with E-state index < -0.39 is 4.92 Å². The molecule has 7 heteroatoms. The molecule has 0 aliphatic carbocycles. The lowest BCUT2D eigenvalue weighted by Crippen LogP contribution is -2.44. The van der Waals surface area contributed by atoms with Crippen molar-refractivity contribution in [2.45, 2.75) is 19.3 Å². The van der Waals surface area contributed by atoms with E-state index >= 15 is 0 Å². The number of amides is 2. The quantitative estimate of drug-likeness (QED) is 0.529. The molecular weight excluding hydrogens is 310 g/mol. The molecule has 1 aliphatic heterocycles. The number of nitro benzene ring substituents is 1. The fourth-order valence-corrected chi connectivity index (χ4v) is 2.59. The van der Waals surface area contributed by atoms with Crippen LogP contribution in [0, 0.1) is 10.1 Å². The van der Waals surface area contributed by atoms with Gasteiger partial charge in [-0.25, -0.2) is 0 Å². The second-order valence-electron chi connectivity index (χ2n) is 5.44. The van der Waals surface area contributed by atoms with Crippen molar-refractivity contribution in [1.29, 1.82) is 0 Å². The molecule has 0 aromatic heterocycles. The molecule has 0 spiro atoms. The molecule has 1 heterocycles. The summed E-state index contributed by atoms with van der Waals surface area (Å²) in [4.78, 5) is 34.2. The SMILES string of the molecule is O=C1CCCC(=O)N1Nc1ccccc1-c1ccc([N+](=O)[O-])cc1. The normalized spacial score (nSPS) is 14.6. The number of anilines is 1. The van der Waals surface area contributed by atoms with Gasteiger partial charge in [-0.05, 0) is 30.2 Å². The van der Waals surface area contributed by atoms with E-state index in [9.17, 15) is 19.7 Å². The molecule has 0 bridgehead atoms. The average Bonchev–Trinajstić information content (AvgIpc) is 2.59. The highest BCUT2D eigenvalue weighted by atomic mass is 16.6. The highest BCUT2D eigenvalue weighted by Gasteiger charge is 2.26. The number of nitro groups is 1. The number of nitrogens with one attached hydrogen (secondary N) is 1. The van der Waals surface area contributed by atoms with Crippen molar-refractivity contribution in [3.05, 3.63) is 58.6 Å². The van der Waals surface area contributed by atoms with Crippen molar-refractivity contribution in [2.75, 3.05) is 5.43 Å². The first-order valence-corrected chi connectivity index (χ1v) is 7.52. The molecule has 0 radical (unpaired) electrons. The first kappa shape index (κ1) is 15.7. The Morgan fingerprint density at radius 2 is 1.58 bits per heavy atom. The van der Waals surface area contributed by atoms with Gasteiger partial charge in [0, 0.05) is 30.5 Å². The lowest BCUT2D eigenvalue weighted by atomic mass is 10.0. The van der Waals surface area contributed by atoms with E-state index in [0.717, 1.165) is 16.1 Å². The average molecular weight is 325 g/mol. The van der Waals surface area contributed by atoms with Crippen molar-refractivity contribution < 1.29 is 14.5 Å². The van der Waals surface area contributed by atoms with Crippen LogP contribution in [0.25, 0.3) is 11.1 Å². The number of rotatable bonds is 4. The van der Waals surface area contributed by atoms with Crippen molar-refractivity contribution in [1.82, 2.24) is 5.01 Å². The Bertz CT molecular complexity index is 786. The summed E-state index contributed by atoms with van der Waals surface area (Å²) in [5.41, 5.74) is 4.98. The summed E-state index contributed by atoms with van der Waals surface area (Å²) in [5, 5.41) is 11.8. The van der Waals surface area contributed by atoms with Crippen LogP contribution in [-0.4, -0.2) is 21.7 Å². The molecule has 1 N–H and O–H groups in total. The van der Waals surface area contributed by atoms with Gasteiger partial charge in [0.25, 0.3) is 5.69 Å². The molecule has 1 aliphatic rings. The molecule has 1 saturated heterocycles. The minimum absolute atomic E-state index is 0.00516. The fraction of sp³-hybridized carbons (Fsp3) is 0.176. The van der Waals surface area contributed by atoms with Gasteiger partial charge >= 0.3 is 0 Å². The zero-order valence-electron chi connectivity index (χ0n) is 12.8. The topological polar surface area (TPSA) is 92.6 Å². The van der Waals surface area contributed by atoms with Gasteiger partial charge in [0.2, 0.25) is 11.8 Å². The van der Waals surface area contributed by atoms with Gasteiger partial charge in [0.1, 0.15) is 0 Å². The number of benzene rings is 2. The van der Waals surface area contributed by atoms with E-state index in [2.05, 4.69) is 5.43 Å². The van der Waals surface area contributed by atoms with Crippen LogP contribution in [0.1, 0.15) is 19.3 Å². The number of hydrogen-bond acceptors (Lipinski definition) is 5. The molecule has 2 aromatic carbocycles. The number of para-hydroxylation sites is 1. The molecule has 24 heavy (non-hydrogen) atoms. The van der Waals surface area contributed by atoms with Crippen LogP contribution in [0.4, 0.5) is 11.4 Å². The highest BCUT2D eigenvalue weighted by Crippen LogP contribution is 2.30. The Hall–Kier alpha value is -3.22. The van der Waals surface area contributed by atoms with E-state index in [1.54, 1.807) is 24.3 Å². The molecular formula is C17H15N3O4. The van der Waals surface area contributed by atoms with E-state index in [1.165, 1.54) is 12.1 Å². The second kappa shape index (κ2) is 6.49. The second-order valence-corrected chi connectivity index (χ2v) is 5.44. The Balaban J connectivity index is 1.91. The van der Waals surface area contributed by atoms with Crippen molar-refractivity contribution >= 4 is 23.2 Å². The van der Waals surface area contributed by atoms with Gasteiger partial charge < -0.3 is 0 Å². The summed E-state index contributed by atoms with van der Waals surface area (Å²) < 4.78 is 0. The van der Waals surface area contributed by atoms with Crippen LogP contribution in [0.15, 0.2) is 48.5 Å². The van der Waals surface area contributed by atoms with Crippen LogP contribution in [0.5, 0.6) is 0 Å². The third-order valence-electron chi connectivity index (χ3n) is 3.83. The van der Waals surface area contributed by atoms with E-state index in [-0.39, 0.29) is 17.5 Å². The number of hydrogen-bond donors (Lipinski definition) is 1. The van der Waals surface area contributed by atoms with Crippen LogP contribution < -0.4 is 5.43 Å². The van der Waals surface area contributed by atoms with Crippen molar-refractivity contribution in [2.24, 2.45) is 0 Å². The highest BCUT2D eigenvalue weighted by molar-refractivity contribution is 5.99. The first-order valence-electron chi connectivity index (χ1n) is 7.52. The maximum Gasteiger partial charge on any atom is 0.269 e. The first-order chi connectivity index (χ1) is 11.6. The monoisotopic (exact) mass is 325 g/mol. The number of hydrazine groups is 1. The zero-order chi connectivity index (χ0) is 17.1. The standard InChI is InChI=1S/C17H15N3O4/c21-16-6-3-7-17(22)19(16)18-15-5-2-1-4-14(15)12-8-10-13(11-9-12)20(23)24/h1-2,4-5,8-11,18H,3,6-7H2. The largest absolute Gasteiger partial charge is 0.288 e. The van der Waals surface area contributed by atoms with Gasteiger partial charge in [-0.1, -0.05) is 18.2 Å². The minimum atomic E-state index is -0.459. The van der Waals surface area contributed by atoms with Gasteiger partial charge in [0.15, 0.2) is 0 Å². The van der Waals surface area contributed by atoms with Crippen LogP contribution in [0.2, 0.25) is 0 Å². The van der Waals surface area contributed by atoms with Crippen molar-refractivity contribution in [3.63, 3.8) is 0 Å². The third kappa shape index (κ3) is 3.10. The van der Waals surface area contributed by atoms with E-state index in [4.69, 9.17) is 0 Å². The summed E-state index contributed by atoms with van der Waals surface area (Å²) in [5.74, 6) is -0.519. The fourth-order valence-electron chi connectivity index (χ4n) is 2.59. The Labute approximate surface area is 138 Å². The molecule has 0 unspecified atom stereocenters. The molecule has 2 amide bonds. The Morgan fingerprint density at radius 3 is 2.21 bits per heavy atom. The van der Waals surface area contributed by atoms with E-state index in [1.807, 2.05) is 12.1 Å². The molecule has 2 aromatic rings. The lowest BCUT2D eigenvalue weighted by Gasteiger charge is -2.27. The van der Waals surface area contributed by atoms with Gasteiger partial charge in [0.05, 0.1) is 10.6 Å². The van der Waals surface area contributed by atoms with Gasteiger partial charge in [-0.15, -0.1) is 0 Å². The summed E-state index contributed by atoms with van der Waals surface area (Å²) in [6.45, 7) is 0. The number of piperidine rings is 1. The predicted octanol–water partition coefficient (Wildman–Crippen LogP) is 3.13. The predicted molar refractivity (Wildman–Crippen MR) is 87.9 cm³/mol. The molecule has 0 atom stereocenters.